The van der Waals surface area contributed by atoms with Gasteiger partial charge in [-0.3, -0.25) is 10.1 Å². The van der Waals surface area contributed by atoms with E-state index in [1.165, 1.54) is 23.8 Å². The van der Waals surface area contributed by atoms with Crippen molar-refractivity contribution in [2.45, 2.75) is 32.6 Å². The first-order valence-corrected chi connectivity index (χ1v) is 7.34. The summed E-state index contributed by atoms with van der Waals surface area (Å²) >= 11 is 0. The van der Waals surface area contributed by atoms with Gasteiger partial charge in [-0.05, 0) is 41.7 Å². The minimum atomic E-state index is -0.551. The molecule has 0 aliphatic heterocycles. The van der Waals surface area contributed by atoms with E-state index in [-0.39, 0.29) is 22.4 Å². The Hall–Kier alpha value is -2.87. The molecule has 2 aromatic rings. The van der Waals surface area contributed by atoms with Crippen LogP contribution in [0, 0.1) is 21.4 Å². The maximum atomic E-state index is 11.1. The van der Waals surface area contributed by atoms with Gasteiger partial charge in [0.2, 0.25) is 5.75 Å². The lowest BCUT2D eigenvalue weighted by Gasteiger charge is -2.23. The molecule has 0 saturated heterocycles. The third-order valence-corrected chi connectivity index (χ3v) is 4.03. The van der Waals surface area contributed by atoms with Gasteiger partial charge in [-0.25, -0.2) is 0 Å². The molecular weight excluding hydrogens is 292 g/mol. The molecule has 0 N–H and O–H groups in total. The Balaban J connectivity index is 2.30. The van der Waals surface area contributed by atoms with Crippen LogP contribution in [-0.2, 0) is 5.41 Å². The number of nitriles is 1. The van der Waals surface area contributed by atoms with Gasteiger partial charge in [0.25, 0.3) is 0 Å². The number of nitrogens with zero attached hydrogens (tertiary/aromatic N) is 2. The van der Waals surface area contributed by atoms with Crippen LogP contribution in [0.5, 0.6) is 11.5 Å². The van der Waals surface area contributed by atoms with Gasteiger partial charge in [0.15, 0.2) is 0 Å². The number of benzene rings is 2. The number of rotatable bonds is 5. The molecule has 0 aromatic heterocycles. The quantitative estimate of drug-likeness (QED) is 0.578. The zero-order valence-corrected chi connectivity index (χ0v) is 13.4. The van der Waals surface area contributed by atoms with E-state index >= 15 is 0 Å². The minimum Gasteiger partial charge on any atom is -0.450 e. The molecule has 5 nitrogen and oxygen atoms in total. The number of ether oxygens (including phenoxy) is 1. The van der Waals surface area contributed by atoms with E-state index in [4.69, 9.17) is 10.00 Å². The van der Waals surface area contributed by atoms with E-state index in [0.717, 1.165) is 6.42 Å². The minimum absolute atomic E-state index is 0.0684. The second-order valence-electron chi connectivity index (χ2n) is 5.92. The summed E-state index contributed by atoms with van der Waals surface area (Å²) < 4.78 is 5.62. The van der Waals surface area contributed by atoms with E-state index in [1.807, 2.05) is 18.2 Å². The van der Waals surface area contributed by atoms with Gasteiger partial charge in [0.05, 0.1) is 16.6 Å². The van der Waals surface area contributed by atoms with Gasteiger partial charge in [-0.1, -0.05) is 32.9 Å². The standard InChI is InChI=1S/C18H18N2O3/c1-4-18(2,3)14-6-8-15(9-7-14)23-17-10-5-13(12-19)11-16(17)20(21)22/h5-11H,4H2,1-3H3. The van der Waals surface area contributed by atoms with Crippen LogP contribution in [0.25, 0.3) is 0 Å². The maximum Gasteiger partial charge on any atom is 0.312 e. The molecular formula is C18H18N2O3. The van der Waals surface area contributed by atoms with Crippen LogP contribution in [0.1, 0.15) is 38.3 Å². The number of nitro benzene ring substituents is 1. The summed E-state index contributed by atoms with van der Waals surface area (Å²) in [5.41, 5.74) is 1.26. The molecule has 0 heterocycles. The van der Waals surface area contributed by atoms with Crippen molar-refractivity contribution in [3.63, 3.8) is 0 Å². The Kier molecular flexibility index (Phi) is 4.65. The second-order valence-corrected chi connectivity index (χ2v) is 5.92. The normalized spacial score (nSPS) is 10.9. The van der Waals surface area contributed by atoms with Gasteiger partial charge in [-0.15, -0.1) is 0 Å². The van der Waals surface area contributed by atoms with Gasteiger partial charge >= 0.3 is 5.69 Å². The first kappa shape index (κ1) is 16.5. The van der Waals surface area contributed by atoms with E-state index in [1.54, 1.807) is 12.1 Å². The fourth-order valence-corrected chi connectivity index (χ4v) is 2.12. The van der Waals surface area contributed by atoms with Crippen molar-refractivity contribution in [2.24, 2.45) is 0 Å². The molecule has 0 bridgehead atoms. The Morgan fingerprint density at radius 1 is 1.22 bits per heavy atom. The highest BCUT2D eigenvalue weighted by Gasteiger charge is 2.19. The Morgan fingerprint density at radius 3 is 2.39 bits per heavy atom. The molecule has 0 fully saturated rings. The van der Waals surface area contributed by atoms with E-state index in [9.17, 15) is 10.1 Å². The summed E-state index contributed by atoms with van der Waals surface area (Å²) in [6.45, 7) is 6.45. The second kappa shape index (κ2) is 6.49. The maximum absolute atomic E-state index is 11.1. The van der Waals surface area contributed by atoms with Gasteiger partial charge in [0.1, 0.15) is 5.75 Å². The summed E-state index contributed by atoms with van der Waals surface area (Å²) in [5, 5.41) is 20.0. The lowest BCUT2D eigenvalue weighted by Crippen LogP contribution is -2.14. The Labute approximate surface area is 135 Å². The average Bonchev–Trinajstić information content (AvgIpc) is 2.55. The van der Waals surface area contributed by atoms with Crippen LogP contribution in [0.15, 0.2) is 42.5 Å². The molecule has 5 heteroatoms. The van der Waals surface area contributed by atoms with Crippen molar-refractivity contribution >= 4 is 5.69 Å². The molecule has 0 aliphatic carbocycles. The molecule has 0 unspecified atom stereocenters. The first-order valence-electron chi connectivity index (χ1n) is 7.34. The van der Waals surface area contributed by atoms with Crippen LogP contribution >= 0.6 is 0 Å². The predicted molar refractivity (Wildman–Crippen MR) is 87.6 cm³/mol. The largest absolute Gasteiger partial charge is 0.450 e. The monoisotopic (exact) mass is 310 g/mol. The Morgan fingerprint density at radius 2 is 1.87 bits per heavy atom. The first-order chi connectivity index (χ1) is 10.9. The number of hydrogen-bond acceptors (Lipinski definition) is 4. The van der Waals surface area contributed by atoms with Crippen LogP contribution in [0.3, 0.4) is 0 Å². The van der Waals surface area contributed by atoms with Crippen molar-refractivity contribution in [2.75, 3.05) is 0 Å². The lowest BCUT2D eigenvalue weighted by atomic mass is 9.82. The van der Waals surface area contributed by atoms with Crippen molar-refractivity contribution in [3.8, 4) is 17.6 Å². The average molecular weight is 310 g/mol. The summed E-state index contributed by atoms with van der Waals surface area (Å²) in [6.07, 6.45) is 1.01. The van der Waals surface area contributed by atoms with Crippen LogP contribution in [-0.4, -0.2) is 4.92 Å². The Bertz CT molecular complexity index is 759. The summed E-state index contributed by atoms with van der Waals surface area (Å²) in [6, 6.07) is 13.6. The fourth-order valence-electron chi connectivity index (χ4n) is 2.12. The molecule has 0 aliphatic rings. The summed E-state index contributed by atoms with van der Waals surface area (Å²) in [7, 11) is 0. The molecule has 0 spiro atoms. The topological polar surface area (TPSA) is 76.2 Å². The molecule has 2 rings (SSSR count). The van der Waals surface area contributed by atoms with Crippen molar-refractivity contribution in [1.29, 1.82) is 5.26 Å². The smallest absolute Gasteiger partial charge is 0.312 e. The van der Waals surface area contributed by atoms with E-state index in [2.05, 4.69) is 20.8 Å². The van der Waals surface area contributed by atoms with Crippen molar-refractivity contribution in [1.82, 2.24) is 0 Å². The molecule has 0 saturated carbocycles. The third kappa shape index (κ3) is 3.67. The number of nitro groups is 1. The summed E-state index contributed by atoms with van der Waals surface area (Å²) in [4.78, 5) is 10.6. The molecule has 0 radical (unpaired) electrons. The number of hydrogen-bond donors (Lipinski definition) is 0. The van der Waals surface area contributed by atoms with Crippen molar-refractivity contribution < 1.29 is 9.66 Å². The molecule has 0 amide bonds. The van der Waals surface area contributed by atoms with Gasteiger partial charge in [0, 0.05) is 6.07 Å². The van der Waals surface area contributed by atoms with E-state index < -0.39 is 4.92 Å². The highest BCUT2D eigenvalue weighted by molar-refractivity contribution is 5.53. The molecule has 2 aromatic carbocycles. The van der Waals surface area contributed by atoms with E-state index in [0.29, 0.717) is 5.75 Å². The van der Waals surface area contributed by atoms with Crippen LogP contribution in [0.4, 0.5) is 5.69 Å². The van der Waals surface area contributed by atoms with Crippen LogP contribution in [0.2, 0.25) is 0 Å². The fraction of sp³-hybridized carbons (Fsp3) is 0.278. The van der Waals surface area contributed by atoms with Gasteiger partial charge in [-0.2, -0.15) is 5.26 Å². The lowest BCUT2D eigenvalue weighted by molar-refractivity contribution is -0.385. The third-order valence-electron chi connectivity index (χ3n) is 4.03. The van der Waals surface area contributed by atoms with Crippen LogP contribution < -0.4 is 4.74 Å². The highest BCUT2D eigenvalue weighted by atomic mass is 16.6. The zero-order valence-electron chi connectivity index (χ0n) is 13.4. The van der Waals surface area contributed by atoms with Gasteiger partial charge < -0.3 is 4.74 Å². The SMILES string of the molecule is CCC(C)(C)c1ccc(Oc2ccc(C#N)cc2[N+](=O)[O-])cc1. The molecule has 118 valence electrons. The summed E-state index contributed by atoms with van der Waals surface area (Å²) in [5.74, 6) is 0.643. The highest BCUT2D eigenvalue weighted by Crippen LogP contribution is 2.33. The molecule has 23 heavy (non-hydrogen) atoms. The predicted octanol–water partition coefficient (Wildman–Crippen LogP) is 4.95. The molecule has 0 atom stereocenters. The zero-order chi connectivity index (χ0) is 17.0. The van der Waals surface area contributed by atoms with Crippen molar-refractivity contribution in [3.05, 3.63) is 63.7 Å².